The number of hydrogen-bond donors (Lipinski definition) is 2. The number of nitrogens with zero attached hydrogens (tertiary/aromatic N) is 2. The molecule has 0 saturated carbocycles. The molecule has 0 radical (unpaired) electrons. The number of ether oxygens (including phenoxy) is 1. The lowest BCUT2D eigenvalue weighted by molar-refractivity contribution is 0.185. The van der Waals surface area contributed by atoms with Crippen molar-refractivity contribution in [2.75, 3.05) is 19.0 Å². The van der Waals surface area contributed by atoms with Gasteiger partial charge in [-0.3, -0.25) is 4.99 Å². The molecular weight excluding hydrogens is 340 g/mol. The fourth-order valence-electron chi connectivity index (χ4n) is 2.64. The number of hydrogen-bond acceptors (Lipinski definition) is 4. The van der Waals surface area contributed by atoms with E-state index >= 15 is 0 Å². The highest BCUT2D eigenvalue weighted by molar-refractivity contribution is 5.92. The summed E-state index contributed by atoms with van der Waals surface area (Å²) < 4.78 is 10.8. The number of aliphatic imine (C=N–C) groups is 1. The molecule has 0 aliphatic carbocycles. The molecular formula is C21H24N4O2. The number of nitrogens with one attached hydrogen (secondary N) is 1. The van der Waals surface area contributed by atoms with Crippen molar-refractivity contribution in [3.8, 4) is 11.5 Å². The van der Waals surface area contributed by atoms with Crippen LogP contribution in [0.4, 0.5) is 5.69 Å². The normalized spacial score (nSPS) is 11.6. The van der Waals surface area contributed by atoms with Crippen LogP contribution in [-0.4, -0.2) is 24.6 Å². The molecule has 0 unspecified atom stereocenters. The predicted molar refractivity (Wildman–Crippen MR) is 108 cm³/mol. The van der Waals surface area contributed by atoms with Gasteiger partial charge < -0.3 is 20.2 Å². The van der Waals surface area contributed by atoms with Crippen LogP contribution in [0.25, 0.3) is 11.5 Å². The molecule has 0 atom stereocenters. The molecule has 0 fully saturated rings. The van der Waals surface area contributed by atoms with Crippen molar-refractivity contribution in [3.05, 3.63) is 71.6 Å². The van der Waals surface area contributed by atoms with E-state index in [0.29, 0.717) is 31.4 Å². The first kappa shape index (κ1) is 18.7. The standard InChI is InChI=1S/C21H24N4O2/c1-15-7-9-16(10-8-15)20-24-18(14-27-20)11-12-23-21(22)25-19-6-4-3-5-17(19)13-26-2/h3-10,14H,11-13H2,1-2H3,(H3,22,23,25). The monoisotopic (exact) mass is 364 g/mol. The topological polar surface area (TPSA) is 85.7 Å². The Kier molecular flexibility index (Phi) is 6.22. The molecule has 2 aromatic carbocycles. The molecule has 0 spiro atoms. The van der Waals surface area contributed by atoms with Crippen LogP contribution in [0.1, 0.15) is 16.8 Å². The van der Waals surface area contributed by atoms with E-state index in [1.807, 2.05) is 48.5 Å². The number of methoxy groups -OCH3 is 1. The van der Waals surface area contributed by atoms with Crippen molar-refractivity contribution in [2.24, 2.45) is 10.7 Å². The molecule has 0 aliphatic heterocycles. The lowest BCUT2D eigenvalue weighted by atomic mass is 10.1. The van der Waals surface area contributed by atoms with E-state index in [9.17, 15) is 0 Å². The predicted octanol–water partition coefficient (Wildman–Crippen LogP) is 3.77. The Hall–Kier alpha value is -3.12. The average Bonchev–Trinajstić information content (AvgIpc) is 3.13. The Labute approximate surface area is 159 Å². The summed E-state index contributed by atoms with van der Waals surface area (Å²) >= 11 is 0. The number of aromatic nitrogens is 1. The van der Waals surface area contributed by atoms with Gasteiger partial charge in [-0.05, 0) is 25.1 Å². The molecule has 3 aromatic rings. The largest absolute Gasteiger partial charge is 0.444 e. The fourth-order valence-corrected chi connectivity index (χ4v) is 2.64. The Morgan fingerprint density at radius 3 is 2.74 bits per heavy atom. The van der Waals surface area contributed by atoms with Gasteiger partial charge in [-0.25, -0.2) is 4.98 Å². The van der Waals surface area contributed by atoms with Crippen LogP contribution >= 0.6 is 0 Å². The number of para-hydroxylation sites is 1. The number of rotatable bonds is 7. The number of aryl methyl sites for hydroxylation is 1. The van der Waals surface area contributed by atoms with Crippen LogP contribution in [0.15, 0.2) is 64.2 Å². The van der Waals surface area contributed by atoms with Crippen molar-refractivity contribution >= 4 is 11.6 Å². The zero-order valence-corrected chi connectivity index (χ0v) is 15.6. The third-order valence-electron chi connectivity index (χ3n) is 4.08. The Balaban J connectivity index is 1.57. The zero-order valence-electron chi connectivity index (χ0n) is 15.6. The lowest BCUT2D eigenvalue weighted by Gasteiger charge is -2.10. The van der Waals surface area contributed by atoms with E-state index in [1.54, 1.807) is 13.4 Å². The van der Waals surface area contributed by atoms with Crippen LogP contribution in [-0.2, 0) is 17.8 Å². The number of oxazole rings is 1. The molecule has 3 N–H and O–H groups in total. The molecule has 140 valence electrons. The Bertz CT molecular complexity index is 901. The maximum absolute atomic E-state index is 6.00. The third kappa shape index (κ3) is 5.18. The summed E-state index contributed by atoms with van der Waals surface area (Å²) in [7, 11) is 1.66. The van der Waals surface area contributed by atoms with Gasteiger partial charge in [0.25, 0.3) is 0 Å². The van der Waals surface area contributed by atoms with E-state index in [-0.39, 0.29) is 0 Å². The van der Waals surface area contributed by atoms with Gasteiger partial charge in [-0.2, -0.15) is 0 Å². The van der Waals surface area contributed by atoms with E-state index < -0.39 is 0 Å². The van der Waals surface area contributed by atoms with E-state index in [1.165, 1.54) is 5.56 Å². The lowest BCUT2D eigenvalue weighted by Crippen LogP contribution is -2.23. The minimum Gasteiger partial charge on any atom is -0.444 e. The van der Waals surface area contributed by atoms with Gasteiger partial charge in [-0.1, -0.05) is 35.9 Å². The maximum Gasteiger partial charge on any atom is 0.226 e. The summed E-state index contributed by atoms with van der Waals surface area (Å²) in [5.41, 5.74) is 10.9. The summed E-state index contributed by atoms with van der Waals surface area (Å²) in [5, 5.41) is 3.12. The highest BCUT2D eigenvalue weighted by Gasteiger charge is 2.07. The van der Waals surface area contributed by atoms with Gasteiger partial charge in [-0.15, -0.1) is 0 Å². The van der Waals surface area contributed by atoms with Crippen molar-refractivity contribution in [2.45, 2.75) is 20.0 Å². The molecule has 0 amide bonds. The summed E-state index contributed by atoms with van der Waals surface area (Å²) in [6.07, 6.45) is 2.32. The average molecular weight is 364 g/mol. The minimum absolute atomic E-state index is 0.362. The number of benzene rings is 2. The molecule has 0 saturated heterocycles. The highest BCUT2D eigenvalue weighted by Crippen LogP contribution is 2.19. The molecule has 0 aliphatic rings. The number of anilines is 1. The summed E-state index contributed by atoms with van der Waals surface area (Å²) in [6.45, 7) is 3.08. The summed E-state index contributed by atoms with van der Waals surface area (Å²) in [6, 6.07) is 15.9. The van der Waals surface area contributed by atoms with E-state index in [2.05, 4.69) is 22.2 Å². The van der Waals surface area contributed by atoms with Crippen molar-refractivity contribution in [1.82, 2.24) is 4.98 Å². The first-order chi connectivity index (χ1) is 13.2. The van der Waals surface area contributed by atoms with Crippen LogP contribution in [0, 0.1) is 6.92 Å². The summed E-state index contributed by atoms with van der Waals surface area (Å²) in [5.74, 6) is 0.981. The highest BCUT2D eigenvalue weighted by atomic mass is 16.5. The SMILES string of the molecule is COCc1ccccc1NC(N)=NCCc1coc(-c2ccc(C)cc2)n1. The Morgan fingerprint density at radius 2 is 1.96 bits per heavy atom. The van der Waals surface area contributed by atoms with E-state index in [0.717, 1.165) is 22.5 Å². The van der Waals surface area contributed by atoms with Crippen LogP contribution in [0.5, 0.6) is 0 Å². The van der Waals surface area contributed by atoms with Crippen LogP contribution in [0.3, 0.4) is 0 Å². The van der Waals surface area contributed by atoms with Gasteiger partial charge in [0.15, 0.2) is 5.96 Å². The molecule has 1 aromatic heterocycles. The summed E-state index contributed by atoms with van der Waals surface area (Å²) in [4.78, 5) is 8.89. The van der Waals surface area contributed by atoms with Gasteiger partial charge >= 0.3 is 0 Å². The minimum atomic E-state index is 0.362. The third-order valence-corrected chi connectivity index (χ3v) is 4.08. The zero-order chi connectivity index (χ0) is 19.1. The van der Waals surface area contributed by atoms with Gasteiger partial charge in [0.2, 0.25) is 5.89 Å². The molecule has 1 heterocycles. The molecule has 0 bridgehead atoms. The smallest absolute Gasteiger partial charge is 0.226 e. The molecule has 27 heavy (non-hydrogen) atoms. The van der Waals surface area contributed by atoms with Gasteiger partial charge in [0.05, 0.1) is 12.3 Å². The second kappa shape index (κ2) is 9.00. The first-order valence-corrected chi connectivity index (χ1v) is 8.81. The number of nitrogens with two attached hydrogens (primary N) is 1. The molecule has 6 heteroatoms. The fraction of sp³-hybridized carbons (Fsp3) is 0.238. The number of guanidine groups is 1. The second-order valence-corrected chi connectivity index (χ2v) is 6.24. The second-order valence-electron chi connectivity index (χ2n) is 6.24. The van der Waals surface area contributed by atoms with Crippen molar-refractivity contribution in [1.29, 1.82) is 0 Å². The molecule has 6 nitrogen and oxygen atoms in total. The quantitative estimate of drug-likeness (QED) is 0.492. The molecule has 3 rings (SSSR count). The van der Waals surface area contributed by atoms with Crippen LogP contribution < -0.4 is 11.1 Å². The van der Waals surface area contributed by atoms with Crippen molar-refractivity contribution in [3.63, 3.8) is 0 Å². The van der Waals surface area contributed by atoms with Gasteiger partial charge in [0, 0.05) is 36.9 Å². The van der Waals surface area contributed by atoms with Crippen LogP contribution in [0.2, 0.25) is 0 Å². The van der Waals surface area contributed by atoms with Gasteiger partial charge in [0.1, 0.15) is 6.26 Å². The van der Waals surface area contributed by atoms with E-state index in [4.69, 9.17) is 14.9 Å². The Morgan fingerprint density at radius 1 is 1.19 bits per heavy atom. The first-order valence-electron chi connectivity index (χ1n) is 8.81. The maximum atomic E-state index is 6.00. The van der Waals surface area contributed by atoms with Crippen molar-refractivity contribution < 1.29 is 9.15 Å².